The summed E-state index contributed by atoms with van der Waals surface area (Å²) < 4.78 is 0. The van der Waals surface area contributed by atoms with Crippen LogP contribution in [-0.4, -0.2) is 40.4 Å². The number of hydrogen-bond acceptors (Lipinski definition) is 4. The highest BCUT2D eigenvalue weighted by Crippen LogP contribution is 2.22. The summed E-state index contributed by atoms with van der Waals surface area (Å²) in [5.41, 5.74) is 0.0801. The Morgan fingerprint density at radius 2 is 2.18 bits per heavy atom. The van der Waals surface area contributed by atoms with Crippen molar-refractivity contribution in [3.63, 3.8) is 0 Å². The van der Waals surface area contributed by atoms with Gasteiger partial charge in [0.2, 0.25) is 0 Å². The molecule has 0 saturated carbocycles. The van der Waals surface area contributed by atoms with E-state index in [1.165, 1.54) is 12.1 Å². The predicted octanol–water partition coefficient (Wildman–Crippen LogP) is 1.64. The number of aliphatic hydroxyl groups excluding tert-OH is 1. The van der Waals surface area contributed by atoms with E-state index in [1.54, 1.807) is 4.90 Å². The van der Waals surface area contributed by atoms with Gasteiger partial charge in [-0.15, -0.1) is 0 Å². The lowest BCUT2D eigenvalue weighted by Gasteiger charge is -2.28. The summed E-state index contributed by atoms with van der Waals surface area (Å²) in [6.45, 7) is 4.02. The maximum Gasteiger partial charge on any atom is 0.339 e. The number of hydrogen-bond donors (Lipinski definition) is 2. The molecule has 0 fully saturated rings. The van der Waals surface area contributed by atoms with Crippen molar-refractivity contribution < 1.29 is 15.0 Å². The van der Waals surface area contributed by atoms with Gasteiger partial charge in [-0.05, 0) is 26.0 Å². The Morgan fingerprint density at radius 3 is 2.65 bits per heavy atom. The summed E-state index contributed by atoms with van der Waals surface area (Å²) in [7, 11) is 0. The second-order valence-corrected chi connectivity index (χ2v) is 4.21. The van der Waals surface area contributed by atoms with Gasteiger partial charge in [0.05, 0.1) is 6.61 Å². The molecular formula is C11H15ClN2O3. The number of carboxylic acids is 1. The van der Waals surface area contributed by atoms with Crippen LogP contribution >= 0.6 is 11.6 Å². The third-order valence-corrected chi connectivity index (χ3v) is 2.52. The van der Waals surface area contributed by atoms with E-state index >= 15 is 0 Å². The van der Waals surface area contributed by atoms with Crippen LogP contribution in [0.2, 0.25) is 5.15 Å². The van der Waals surface area contributed by atoms with Crippen molar-refractivity contribution in [1.29, 1.82) is 0 Å². The van der Waals surface area contributed by atoms with E-state index in [-0.39, 0.29) is 29.2 Å². The maximum absolute atomic E-state index is 11.1. The second kappa shape index (κ2) is 5.84. The van der Waals surface area contributed by atoms with Crippen molar-refractivity contribution in [1.82, 2.24) is 4.98 Å². The van der Waals surface area contributed by atoms with Gasteiger partial charge in [0.1, 0.15) is 16.5 Å². The first kappa shape index (κ1) is 13.7. The second-order valence-electron chi connectivity index (χ2n) is 3.82. The lowest BCUT2D eigenvalue weighted by Crippen LogP contribution is -2.35. The zero-order valence-electron chi connectivity index (χ0n) is 9.72. The Hall–Kier alpha value is -1.33. The molecular weight excluding hydrogens is 244 g/mol. The van der Waals surface area contributed by atoms with Crippen molar-refractivity contribution in [3.8, 4) is 0 Å². The van der Waals surface area contributed by atoms with Crippen molar-refractivity contribution in [3.05, 3.63) is 22.8 Å². The first-order valence-electron chi connectivity index (χ1n) is 5.24. The molecule has 0 atom stereocenters. The molecule has 0 spiro atoms. The standard InChI is InChI=1S/C11H15ClN2O3/c1-7(2)14(5-6-15)10-8(11(16)17)3-4-9(12)13-10/h3-4,7,15H,5-6H2,1-2H3,(H,16,17). The third kappa shape index (κ3) is 3.31. The molecule has 1 rings (SSSR count). The Morgan fingerprint density at radius 1 is 1.53 bits per heavy atom. The van der Waals surface area contributed by atoms with Crippen molar-refractivity contribution in [2.75, 3.05) is 18.1 Å². The quantitative estimate of drug-likeness (QED) is 0.786. The number of carboxylic acid groups (broad SMARTS) is 1. The van der Waals surface area contributed by atoms with Crippen LogP contribution in [0.15, 0.2) is 12.1 Å². The first-order valence-corrected chi connectivity index (χ1v) is 5.62. The molecule has 17 heavy (non-hydrogen) atoms. The van der Waals surface area contributed by atoms with Crippen LogP contribution in [0.1, 0.15) is 24.2 Å². The van der Waals surface area contributed by atoms with E-state index in [9.17, 15) is 4.79 Å². The maximum atomic E-state index is 11.1. The topological polar surface area (TPSA) is 73.7 Å². The molecule has 1 aromatic heterocycles. The van der Waals surface area contributed by atoms with Crippen molar-refractivity contribution in [2.24, 2.45) is 0 Å². The number of carbonyl (C=O) groups is 1. The minimum absolute atomic E-state index is 0.0196. The molecule has 0 aliphatic rings. The Kier molecular flexibility index (Phi) is 4.72. The number of nitrogens with zero attached hydrogens (tertiary/aromatic N) is 2. The summed E-state index contributed by atoms with van der Waals surface area (Å²) in [5, 5.41) is 18.3. The highest BCUT2D eigenvalue weighted by Gasteiger charge is 2.20. The lowest BCUT2D eigenvalue weighted by molar-refractivity contribution is 0.0697. The van der Waals surface area contributed by atoms with Crippen LogP contribution in [0.4, 0.5) is 5.82 Å². The predicted molar refractivity (Wildman–Crippen MR) is 65.8 cm³/mol. The minimum atomic E-state index is -1.06. The van der Waals surface area contributed by atoms with Gasteiger partial charge in [-0.3, -0.25) is 0 Å². The normalized spacial score (nSPS) is 10.6. The largest absolute Gasteiger partial charge is 0.478 e. The molecule has 0 aromatic carbocycles. The van der Waals surface area contributed by atoms with Gasteiger partial charge < -0.3 is 15.1 Å². The third-order valence-electron chi connectivity index (χ3n) is 2.31. The average molecular weight is 259 g/mol. The highest BCUT2D eigenvalue weighted by atomic mass is 35.5. The number of aliphatic hydroxyl groups is 1. The fourth-order valence-corrected chi connectivity index (χ4v) is 1.67. The van der Waals surface area contributed by atoms with Crippen LogP contribution in [0.25, 0.3) is 0 Å². The Bertz CT molecular complexity index is 410. The smallest absolute Gasteiger partial charge is 0.339 e. The van der Waals surface area contributed by atoms with E-state index in [2.05, 4.69) is 4.98 Å². The molecule has 1 aromatic rings. The fraction of sp³-hybridized carbons (Fsp3) is 0.455. The van der Waals surface area contributed by atoms with E-state index < -0.39 is 5.97 Å². The van der Waals surface area contributed by atoms with E-state index in [0.717, 1.165) is 0 Å². The average Bonchev–Trinajstić information content (AvgIpc) is 2.24. The minimum Gasteiger partial charge on any atom is -0.478 e. The Labute approximate surface area is 105 Å². The molecule has 0 aliphatic heterocycles. The summed E-state index contributed by atoms with van der Waals surface area (Å²) in [6, 6.07) is 2.87. The van der Waals surface area contributed by atoms with Gasteiger partial charge in [0.25, 0.3) is 0 Å². The van der Waals surface area contributed by atoms with Crippen molar-refractivity contribution >= 4 is 23.4 Å². The van der Waals surface area contributed by atoms with E-state index in [1.807, 2.05) is 13.8 Å². The van der Waals surface area contributed by atoms with Crippen LogP contribution in [-0.2, 0) is 0 Å². The first-order chi connectivity index (χ1) is 7.97. The van der Waals surface area contributed by atoms with E-state index in [0.29, 0.717) is 6.54 Å². The summed E-state index contributed by atoms with van der Waals surface area (Å²) >= 11 is 5.78. The number of aromatic carboxylic acids is 1. The summed E-state index contributed by atoms with van der Waals surface area (Å²) in [6.07, 6.45) is 0. The van der Waals surface area contributed by atoms with Crippen LogP contribution < -0.4 is 4.90 Å². The molecule has 0 unspecified atom stereocenters. The molecule has 94 valence electrons. The van der Waals surface area contributed by atoms with Crippen molar-refractivity contribution in [2.45, 2.75) is 19.9 Å². The van der Waals surface area contributed by atoms with Gasteiger partial charge in [0.15, 0.2) is 0 Å². The molecule has 2 N–H and O–H groups in total. The lowest BCUT2D eigenvalue weighted by atomic mass is 10.2. The fourth-order valence-electron chi connectivity index (χ4n) is 1.53. The van der Waals surface area contributed by atoms with Gasteiger partial charge in [-0.2, -0.15) is 0 Å². The number of anilines is 1. The zero-order chi connectivity index (χ0) is 13.0. The van der Waals surface area contributed by atoms with Crippen LogP contribution in [0.3, 0.4) is 0 Å². The summed E-state index contributed by atoms with van der Waals surface area (Å²) in [5.74, 6) is -0.776. The number of pyridine rings is 1. The van der Waals surface area contributed by atoms with Gasteiger partial charge in [0, 0.05) is 12.6 Å². The molecule has 5 nitrogen and oxygen atoms in total. The van der Waals surface area contributed by atoms with Crippen LogP contribution in [0, 0.1) is 0 Å². The molecule has 0 aliphatic carbocycles. The van der Waals surface area contributed by atoms with Gasteiger partial charge in [-0.25, -0.2) is 9.78 Å². The molecule has 6 heteroatoms. The Balaban J connectivity index is 3.24. The SMILES string of the molecule is CC(C)N(CCO)c1nc(Cl)ccc1C(=O)O. The summed E-state index contributed by atoms with van der Waals surface area (Å²) in [4.78, 5) is 16.8. The molecule has 0 bridgehead atoms. The molecule has 0 radical (unpaired) electrons. The van der Waals surface area contributed by atoms with Gasteiger partial charge in [-0.1, -0.05) is 11.6 Å². The molecule has 0 saturated heterocycles. The highest BCUT2D eigenvalue weighted by molar-refractivity contribution is 6.29. The van der Waals surface area contributed by atoms with Gasteiger partial charge >= 0.3 is 5.97 Å². The molecule has 0 amide bonds. The monoisotopic (exact) mass is 258 g/mol. The van der Waals surface area contributed by atoms with E-state index in [4.69, 9.17) is 21.8 Å². The zero-order valence-corrected chi connectivity index (χ0v) is 10.5. The van der Waals surface area contributed by atoms with Crippen LogP contribution in [0.5, 0.6) is 0 Å². The number of aromatic nitrogens is 1. The number of halogens is 1. The molecule has 1 heterocycles. The number of rotatable bonds is 5.